The molecule has 0 aliphatic carbocycles. The molecule has 3 N–H and O–H groups in total. The first kappa shape index (κ1) is 25.9. The van der Waals surface area contributed by atoms with Gasteiger partial charge in [0, 0.05) is 37.3 Å². The molecular weight excluding hydrogens is 496 g/mol. The van der Waals surface area contributed by atoms with Crippen LogP contribution in [0.5, 0.6) is 0 Å². The van der Waals surface area contributed by atoms with Crippen molar-refractivity contribution in [3.8, 4) is 5.69 Å². The number of amidine groups is 1. The van der Waals surface area contributed by atoms with Crippen molar-refractivity contribution in [2.75, 3.05) is 32.1 Å². The van der Waals surface area contributed by atoms with Crippen LogP contribution in [0.1, 0.15) is 22.8 Å². The number of ether oxygens (including phenoxy) is 1. The number of amides is 2. The van der Waals surface area contributed by atoms with E-state index in [-0.39, 0.29) is 17.7 Å². The molecule has 3 aromatic rings. The van der Waals surface area contributed by atoms with Crippen LogP contribution in [0.3, 0.4) is 0 Å². The van der Waals surface area contributed by atoms with Crippen LogP contribution in [0.25, 0.3) is 5.69 Å². The number of benzene rings is 2. The molecule has 11 nitrogen and oxygen atoms in total. The highest BCUT2D eigenvalue weighted by molar-refractivity contribution is 6.07. The molecule has 0 spiro atoms. The smallest absolute Gasteiger partial charge is 0.255 e. The summed E-state index contributed by atoms with van der Waals surface area (Å²) in [4.78, 5) is 35.1. The van der Waals surface area contributed by atoms with Crippen LogP contribution < -0.4 is 16.1 Å². The molecule has 1 aromatic heterocycles. The van der Waals surface area contributed by atoms with Crippen LogP contribution in [0, 0.1) is 12.8 Å². The monoisotopic (exact) mass is 526 g/mol. The van der Waals surface area contributed by atoms with Gasteiger partial charge >= 0.3 is 0 Å². The fourth-order valence-electron chi connectivity index (χ4n) is 4.52. The summed E-state index contributed by atoms with van der Waals surface area (Å²) in [7, 11) is 1.60. The maximum absolute atomic E-state index is 13.0. The number of nitrogens with one attached hydrogen (secondary N) is 3. The summed E-state index contributed by atoms with van der Waals surface area (Å²) in [6.45, 7) is 5.24. The molecule has 1 atom stereocenters. The Hall–Kier alpha value is -4.77. The van der Waals surface area contributed by atoms with E-state index in [1.165, 1.54) is 0 Å². The molecule has 5 rings (SSSR count). The second kappa shape index (κ2) is 11.3. The minimum Gasteiger partial charge on any atom is -0.383 e. The molecule has 2 aliphatic rings. The van der Waals surface area contributed by atoms with Crippen molar-refractivity contribution < 1.29 is 14.3 Å². The van der Waals surface area contributed by atoms with Gasteiger partial charge in [-0.25, -0.2) is 14.7 Å². The number of methoxy groups -OCH3 is 1. The lowest BCUT2D eigenvalue weighted by Gasteiger charge is -2.25. The molecule has 0 saturated carbocycles. The zero-order valence-corrected chi connectivity index (χ0v) is 22.0. The van der Waals surface area contributed by atoms with Crippen molar-refractivity contribution in [3.63, 3.8) is 0 Å². The van der Waals surface area contributed by atoms with Crippen LogP contribution in [0.4, 0.5) is 11.4 Å². The molecule has 1 unspecified atom stereocenters. The molecule has 39 heavy (non-hydrogen) atoms. The molecule has 0 fully saturated rings. The number of aromatic nitrogens is 2. The number of nitrogens with zero attached hydrogens (tertiary/aromatic N) is 5. The minimum atomic E-state index is -0.333. The molecule has 11 heteroatoms. The van der Waals surface area contributed by atoms with E-state index in [0.29, 0.717) is 42.5 Å². The lowest BCUT2D eigenvalue weighted by Crippen LogP contribution is -2.42. The molecule has 0 bridgehead atoms. The molecule has 200 valence electrons. The largest absolute Gasteiger partial charge is 0.383 e. The van der Waals surface area contributed by atoms with Gasteiger partial charge in [0.1, 0.15) is 12.0 Å². The molecule has 0 saturated heterocycles. The lowest BCUT2D eigenvalue weighted by molar-refractivity contribution is -0.124. The van der Waals surface area contributed by atoms with Gasteiger partial charge in [0.05, 0.1) is 30.4 Å². The number of aliphatic imine (C=N–C) groups is 2. The summed E-state index contributed by atoms with van der Waals surface area (Å²) < 4.78 is 6.73. The Morgan fingerprint density at radius 3 is 2.85 bits per heavy atom. The Morgan fingerprint density at radius 2 is 2.05 bits per heavy atom. The van der Waals surface area contributed by atoms with Gasteiger partial charge in [0.15, 0.2) is 5.84 Å². The highest BCUT2D eigenvalue weighted by Crippen LogP contribution is 2.32. The van der Waals surface area contributed by atoms with Gasteiger partial charge in [-0.3, -0.25) is 20.0 Å². The summed E-state index contributed by atoms with van der Waals surface area (Å²) in [5.41, 5.74) is 8.26. The fourth-order valence-corrected chi connectivity index (χ4v) is 4.52. The van der Waals surface area contributed by atoms with E-state index in [4.69, 9.17) is 9.73 Å². The summed E-state index contributed by atoms with van der Waals surface area (Å²) in [6, 6.07) is 14.6. The van der Waals surface area contributed by atoms with Crippen molar-refractivity contribution in [1.82, 2.24) is 25.5 Å². The Labute approximate surface area is 226 Å². The average molecular weight is 527 g/mol. The van der Waals surface area contributed by atoms with Gasteiger partial charge in [-0.1, -0.05) is 12.1 Å². The highest BCUT2D eigenvalue weighted by atomic mass is 16.5. The average Bonchev–Trinajstić information content (AvgIpc) is 3.60. The van der Waals surface area contributed by atoms with Crippen molar-refractivity contribution in [2.24, 2.45) is 15.9 Å². The zero-order chi connectivity index (χ0) is 27.4. The first-order valence-electron chi connectivity index (χ1n) is 12.6. The summed E-state index contributed by atoms with van der Waals surface area (Å²) in [5.74, 6) is -0.142. The Kier molecular flexibility index (Phi) is 7.50. The lowest BCUT2D eigenvalue weighted by atomic mass is 10.0. The van der Waals surface area contributed by atoms with E-state index < -0.39 is 0 Å². The predicted molar refractivity (Wildman–Crippen MR) is 149 cm³/mol. The number of hydrogen-bond donors (Lipinski definition) is 3. The van der Waals surface area contributed by atoms with Gasteiger partial charge in [-0.2, -0.15) is 5.10 Å². The van der Waals surface area contributed by atoms with E-state index in [9.17, 15) is 9.59 Å². The first-order chi connectivity index (χ1) is 18.9. The fraction of sp³-hybridized carbons (Fsp3) is 0.250. The van der Waals surface area contributed by atoms with Crippen molar-refractivity contribution in [3.05, 3.63) is 83.3 Å². The maximum Gasteiger partial charge on any atom is 0.255 e. The standard InChI is InChI=1S/C28H30N8O3/c1-18-8-9-21(33-27(37)20-6-4-7-22(14-20)35-12-5-10-31-35)15-24(18)34-26-25-19(2)23(16-36(25)32-17-30-26)28(38)29-11-13-39-3/h4-10,12,14-15,17,23H,11,13,16H2,1-3H3,(H,29,38)(H,33,37)(H,30,32,34). The molecule has 2 aliphatic heterocycles. The number of anilines is 1. The van der Waals surface area contributed by atoms with Gasteiger partial charge in [-0.05, 0) is 61.4 Å². The van der Waals surface area contributed by atoms with E-state index in [0.717, 1.165) is 22.5 Å². The SMILES string of the molecule is COCCNC(=O)C1CN2NC=NC(=Nc3cc(NC(=O)c4cccc(-n5cccn5)c4)ccc3C)C2=C1C. The van der Waals surface area contributed by atoms with Crippen molar-refractivity contribution in [1.29, 1.82) is 0 Å². The van der Waals surface area contributed by atoms with Gasteiger partial charge < -0.3 is 15.4 Å². The topological polar surface area (TPSA) is 125 Å². The summed E-state index contributed by atoms with van der Waals surface area (Å²) >= 11 is 0. The highest BCUT2D eigenvalue weighted by Gasteiger charge is 2.37. The van der Waals surface area contributed by atoms with E-state index in [1.807, 2.05) is 61.5 Å². The maximum atomic E-state index is 13.0. The zero-order valence-electron chi connectivity index (χ0n) is 22.0. The second-order valence-electron chi connectivity index (χ2n) is 9.26. The number of carbonyl (C=O) groups is 2. The summed E-state index contributed by atoms with van der Waals surface area (Å²) in [5, 5.41) is 12.0. The molecular formula is C28H30N8O3. The van der Waals surface area contributed by atoms with Crippen LogP contribution in [0.15, 0.2) is 82.2 Å². The predicted octanol–water partition coefficient (Wildman–Crippen LogP) is 2.98. The number of carbonyl (C=O) groups excluding carboxylic acids is 2. The third kappa shape index (κ3) is 5.58. The van der Waals surface area contributed by atoms with Crippen LogP contribution >= 0.6 is 0 Å². The van der Waals surface area contributed by atoms with Crippen LogP contribution in [-0.4, -0.2) is 65.6 Å². The van der Waals surface area contributed by atoms with Crippen molar-refractivity contribution in [2.45, 2.75) is 13.8 Å². The number of aryl methyl sites for hydroxylation is 1. The van der Waals surface area contributed by atoms with Gasteiger partial charge in [-0.15, -0.1) is 0 Å². The Bertz CT molecular complexity index is 1480. The van der Waals surface area contributed by atoms with Crippen LogP contribution in [-0.2, 0) is 9.53 Å². The van der Waals surface area contributed by atoms with E-state index >= 15 is 0 Å². The van der Waals surface area contributed by atoms with Gasteiger partial charge in [0.2, 0.25) is 5.91 Å². The minimum absolute atomic E-state index is 0.0647. The Morgan fingerprint density at radius 1 is 1.18 bits per heavy atom. The second-order valence-corrected chi connectivity index (χ2v) is 9.26. The number of rotatable bonds is 8. The molecule has 2 aromatic carbocycles. The normalized spacial score (nSPS) is 17.3. The van der Waals surface area contributed by atoms with Crippen LogP contribution in [0.2, 0.25) is 0 Å². The molecule has 3 heterocycles. The first-order valence-corrected chi connectivity index (χ1v) is 12.6. The molecule has 2 amide bonds. The van der Waals surface area contributed by atoms with E-state index in [2.05, 4.69) is 26.2 Å². The Balaban J connectivity index is 1.37. The third-order valence-corrected chi connectivity index (χ3v) is 6.64. The number of hydrazine groups is 1. The third-order valence-electron chi connectivity index (χ3n) is 6.64. The van der Waals surface area contributed by atoms with Gasteiger partial charge in [0.25, 0.3) is 5.91 Å². The number of fused-ring (bicyclic) bond motifs is 1. The molecule has 0 radical (unpaired) electrons. The van der Waals surface area contributed by atoms with Crippen molar-refractivity contribution >= 4 is 35.4 Å². The quantitative estimate of drug-likeness (QED) is 0.388. The van der Waals surface area contributed by atoms with E-state index in [1.54, 1.807) is 36.5 Å². The summed E-state index contributed by atoms with van der Waals surface area (Å²) in [6.07, 6.45) is 5.08. The number of hydrogen-bond acceptors (Lipinski definition) is 7.